The zero-order valence-electron chi connectivity index (χ0n) is 14.5. The second kappa shape index (κ2) is 5.85. The normalized spacial score (nSPS) is 25.7. The van der Waals surface area contributed by atoms with Crippen LogP contribution in [0.4, 0.5) is 13.2 Å². The number of hydrogen-bond acceptors (Lipinski definition) is 1. The van der Waals surface area contributed by atoms with Gasteiger partial charge in [-0.2, -0.15) is 0 Å². The van der Waals surface area contributed by atoms with Crippen molar-refractivity contribution < 1.29 is 13.2 Å². The molecule has 0 aliphatic heterocycles. The molecule has 3 aromatic rings. The topological polar surface area (TPSA) is 0 Å². The number of allylic oxidation sites excluding steroid dienone is 2. The van der Waals surface area contributed by atoms with Gasteiger partial charge >= 0.3 is 0 Å². The van der Waals surface area contributed by atoms with Gasteiger partial charge in [-0.15, -0.1) is 11.3 Å². The van der Waals surface area contributed by atoms with E-state index < -0.39 is 11.6 Å². The lowest BCUT2D eigenvalue weighted by molar-refractivity contribution is 0.410. The first-order valence-corrected chi connectivity index (χ1v) is 10.0. The van der Waals surface area contributed by atoms with E-state index in [1.54, 1.807) is 6.07 Å². The summed E-state index contributed by atoms with van der Waals surface area (Å²) < 4.78 is 43.4. The molecule has 0 N–H and O–H groups in total. The van der Waals surface area contributed by atoms with Crippen LogP contribution in [-0.4, -0.2) is 0 Å². The molecule has 0 amide bonds. The van der Waals surface area contributed by atoms with E-state index in [0.29, 0.717) is 21.0 Å². The van der Waals surface area contributed by atoms with Crippen LogP contribution in [-0.2, 0) is 0 Å². The number of rotatable bonds is 2. The van der Waals surface area contributed by atoms with Crippen LogP contribution >= 0.6 is 11.3 Å². The molecule has 0 spiro atoms. The van der Waals surface area contributed by atoms with Crippen LogP contribution in [0.1, 0.15) is 38.2 Å². The van der Waals surface area contributed by atoms with Crippen molar-refractivity contribution in [3.63, 3.8) is 0 Å². The average Bonchev–Trinajstić information content (AvgIpc) is 3.25. The minimum absolute atomic E-state index is 0.191. The molecular formula is C22H19F3S. The van der Waals surface area contributed by atoms with E-state index in [-0.39, 0.29) is 10.5 Å². The summed E-state index contributed by atoms with van der Waals surface area (Å²) >= 11 is 1.01. The monoisotopic (exact) mass is 372 g/mol. The predicted molar refractivity (Wildman–Crippen MR) is 102 cm³/mol. The fraction of sp³-hybridized carbons (Fsp3) is 0.364. The summed E-state index contributed by atoms with van der Waals surface area (Å²) in [5.41, 5.74) is 1.67. The van der Waals surface area contributed by atoms with Crippen LogP contribution in [0.2, 0.25) is 0 Å². The van der Waals surface area contributed by atoms with Crippen molar-refractivity contribution in [2.45, 2.75) is 32.6 Å². The Kier molecular flexibility index (Phi) is 3.68. The van der Waals surface area contributed by atoms with Gasteiger partial charge in [0.1, 0.15) is 5.82 Å². The van der Waals surface area contributed by atoms with Crippen molar-refractivity contribution in [1.82, 2.24) is 0 Å². The Morgan fingerprint density at radius 3 is 2.31 bits per heavy atom. The Labute approximate surface area is 154 Å². The highest BCUT2D eigenvalue weighted by molar-refractivity contribution is 7.25. The molecule has 134 valence electrons. The van der Waals surface area contributed by atoms with Gasteiger partial charge in [0.05, 0.1) is 9.40 Å². The van der Waals surface area contributed by atoms with E-state index >= 15 is 4.39 Å². The molecule has 1 saturated carbocycles. The highest BCUT2D eigenvalue weighted by atomic mass is 32.1. The van der Waals surface area contributed by atoms with Crippen molar-refractivity contribution in [1.29, 1.82) is 0 Å². The minimum atomic E-state index is -0.889. The molecule has 2 aliphatic rings. The molecule has 2 aliphatic carbocycles. The summed E-state index contributed by atoms with van der Waals surface area (Å²) in [5, 5.41) is 1.24. The second-order valence-corrected chi connectivity index (χ2v) is 8.81. The Morgan fingerprint density at radius 1 is 0.962 bits per heavy atom. The molecule has 3 unspecified atom stereocenters. The molecule has 4 heteroatoms. The highest BCUT2D eigenvalue weighted by Crippen LogP contribution is 2.50. The van der Waals surface area contributed by atoms with Crippen molar-refractivity contribution in [2.24, 2.45) is 17.8 Å². The second-order valence-electron chi connectivity index (χ2n) is 7.78. The average molecular weight is 372 g/mol. The smallest absolute Gasteiger partial charge is 0.176 e. The van der Waals surface area contributed by atoms with Gasteiger partial charge in [0.2, 0.25) is 0 Å². The quantitative estimate of drug-likeness (QED) is 0.442. The van der Waals surface area contributed by atoms with Crippen LogP contribution in [0.3, 0.4) is 0 Å². The SMILES string of the molecule is CC1CC1C1CC=C(c2ccc3c(sc4c(F)c(F)ccc43)c2F)CC1. The maximum absolute atomic E-state index is 15.2. The maximum atomic E-state index is 15.2. The molecule has 1 fully saturated rings. The first-order chi connectivity index (χ1) is 12.5. The van der Waals surface area contributed by atoms with Crippen LogP contribution in [0.5, 0.6) is 0 Å². The van der Waals surface area contributed by atoms with Crippen LogP contribution in [0.15, 0.2) is 30.3 Å². The van der Waals surface area contributed by atoms with Gasteiger partial charge in [-0.1, -0.05) is 25.1 Å². The first kappa shape index (κ1) is 16.4. The number of benzene rings is 2. The van der Waals surface area contributed by atoms with E-state index in [2.05, 4.69) is 13.0 Å². The molecule has 3 atom stereocenters. The van der Waals surface area contributed by atoms with Gasteiger partial charge in [-0.05, 0) is 61.1 Å². The van der Waals surface area contributed by atoms with Gasteiger partial charge in [0, 0.05) is 16.3 Å². The van der Waals surface area contributed by atoms with Crippen molar-refractivity contribution in [2.75, 3.05) is 0 Å². The van der Waals surface area contributed by atoms with E-state index in [1.165, 1.54) is 12.5 Å². The Balaban J connectivity index is 1.57. The first-order valence-electron chi connectivity index (χ1n) is 9.22. The molecule has 5 rings (SSSR count). The van der Waals surface area contributed by atoms with Crippen LogP contribution < -0.4 is 0 Å². The number of hydrogen-bond donors (Lipinski definition) is 0. The third-order valence-electron chi connectivity index (χ3n) is 6.22. The molecule has 0 radical (unpaired) electrons. The zero-order chi connectivity index (χ0) is 18.0. The molecule has 0 bridgehead atoms. The van der Waals surface area contributed by atoms with Gasteiger partial charge in [-0.3, -0.25) is 0 Å². The lowest BCUT2D eigenvalue weighted by atomic mass is 9.83. The minimum Gasteiger partial charge on any atom is -0.205 e. The fourth-order valence-electron chi connectivity index (χ4n) is 4.56. The third kappa shape index (κ3) is 2.42. The number of halogens is 3. The third-order valence-corrected chi connectivity index (χ3v) is 7.42. The summed E-state index contributed by atoms with van der Waals surface area (Å²) in [5.74, 6) is 0.357. The zero-order valence-corrected chi connectivity index (χ0v) is 15.3. The molecular weight excluding hydrogens is 353 g/mol. The lowest BCUT2D eigenvalue weighted by Crippen LogP contribution is -2.09. The van der Waals surface area contributed by atoms with Crippen LogP contribution in [0.25, 0.3) is 25.7 Å². The number of fused-ring (bicyclic) bond motifs is 3. The maximum Gasteiger partial charge on any atom is 0.176 e. The summed E-state index contributed by atoms with van der Waals surface area (Å²) in [6.07, 6.45) is 6.55. The molecule has 2 aromatic carbocycles. The van der Waals surface area contributed by atoms with E-state index in [4.69, 9.17) is 0 Å². The Hall–Kier alpha value is -1.81. The van der Waals surface area contributed by atoms with Crippen LogP contribution in [0, 0.1) is 35.2 Å². The highest BCUT2D eigenvalue weighted by Gasteiger charge is 2.39. The lowest BCUT2D eigenvalue weighted by Gasteiger charge is -2.22. The molecule has 26 heavy (non-hydrogen) atoms. The van der Waals surface area contributed by atoms with Gasteiger partial charge < -0.3 is 0 Å². The van der Waals surface area contributed by atoms with Crippen molar-refractivity contribution >= 4 is 37.1 Å². The standard InChI is InChI=1S/C22H19F3S/c1-11-10-17(11)13-4-2-12(3-5-13)14-6-7-15-16-8-9-18(23)20(25)22(16)26-21(15)19(14)24/h2,6-9,11,13,17H,3-5,10H2,1H3. The molecule has 1 aromatic heterocycles. The summed E-state index contributed by atoms with van der Waals surface area (Å²) in [6.45, 7) is 2.31. The largest absolute Gasteiger partial charge is 0.205 e. The van der Waals surface area contributed by atoms with E-state index in [9.17, 15) is 8.78 Å². The van der Waals surface area contributed by atoms with Gasteiger partial charge in [-0.25, -0.2) is 13.2 Å². The Bertz CT molecular complexity index is 1060. The summed E-state index contributed by atoms with van der Waals surface area (Å²) in [4.78, 5) is 0. The van der Waals surface area contributed by atoms with E-state index in [0.717, 1.165) is 60.0 Å². The molecule has 0 nitrogen and oxygen atoms in total. The predicted octanol–water partition coefficient (Wildman–Crippen LogP) is 7.31. The summed E-state index contributed by atoms with van der Waals surface area (Å²) in [7, 11) is 0. The van der Waals surface area contributed by atoms with Crippen molar-refractivity contribution in [3.05, 3.63) is 53.4 Å². The van der Waals surface area contributed by atoms with E-state index in [1.807, 2.05) is 6.07 Å². The summed E-state index contributed by atoms with van der Waals surface area (Å²) in [6, 6.07) is 6.29. The molecule has 0 saturated heterocycles. The van der Waals surface area contributed by atoms with Gasteiger partial charge in [0.15, 0.2) is 11.6 Å². The van der Waals surface area contributed by atoms with Crippen molar-refractivity contribution in [3.8, 4) is 0 Å². The number of thiophene rings is 1. The Morgan fingerprint density at radius 2 is 1.65 bits per heavy atom. The molecule has 1 heterocycles. The fourth-order valence-corrected chi connectivity index (χ4v) is 5.72. The van der Waals surface area contributed by atoms with Gasteiger partial charge in [0.25, 0.3) is 0 Å².